The number of likely N-dealkylation sites (N-methyl/N-ethyl adjacent to an activating group) is 1. The van der Waals surface area contributed by atoms with Crippen molar-refractivity contribution in [3.63, 3.8) is 0 Å². The van der Waals surface area contributed by atoms with Crippen molar-refractivity contribution in [2.75, 3.05) is 13.1 Å². The third kappa shape index (κ3) is 3.32. The lowest BCUT2D eigenvalue weighted by Gasteiger charge is -2.27. The summed E-state index contributed by atoms with van der Waals surface area (Å²) >= 11 is 0. The highest BCUT2D eigenvalue weighted by atomic mass is 15.2. The van der Waals surface area contributed by atoms with E-state index in [2.05, 4.69) is 30.8 Å². The normalized spacial score (nSPS) is 13.8. The second kappa shape index (κ2) is 5.28. The van der Waals surface area contributed by atoms with Crippen LogP contribution in [0.3, 0.4) is 0 Å². The molecular formula is C11H22N4. The zero-order valence-corrected chi connectivity index (χ0v) is 10.1. The Labute approximate surface area is 92.1 Å². The van der Waals surface area contributed by atoms with E-state index in [-0.39, 0.29) is 6.04 Å². The summed E-state index contributed by atoms with van der Waals surface area (Å²) < 4.78 is 1.79. The van der Waals surface area contributed by atoms with Crippen LogP contribution in [0.15, 0.2) is 12.4 Å². The fourth-order valence-electron chi connectivity index (χ4n) is 1.69. The molecule has 0 aliphatic rings. The molecule has 0 amide bonds. The molecule has 0 fully saturated rings. The largest absolute Gasteiger partial charge is 0.323 e. The lowest BCUT2D eigenvalue weighted by molar-refractivity contribution is 0.220. The van der Waals surface area contributed by atoms with Crippen LogP contribution in [0.5, 0.6) is 0 Å². The van der Waals surface area contributed by atoms with Crippen LogP contribution >= 0.6 is 0 Å². The van der Waals surface area contributed by atoms with E-state index in [4.69, 9.17) is 5.73 Å². The molecule has 15 heavy (non-hydrogen) atoms. The fourth-order valence-corrected chi connectivity index (χ4v) is 1.69. The SMILES string of the molecule is CCN(CC(N)c1cnn(C)c1)C(C)C. The number of nitrogens with two attached hydrogens (primary N) is 1. The van der Waals surface area contributed by atoms with Crippen molar-refractivity contribution in [3.8, 4) is 0 Å². The number of hydrogen-bond donors (Lipinski definition) is 1. The molecule has 0 aliphatic carbocycles. The Hall–Kier alpha value is -0.870. The van der Waals surface area contributed by atoms with Crippen molar-refractivity contribution in [1.82, 2.24) is 14.7 Å². The molecule has 4 heteroatoms. The Bertz CT molecular complexity index is 293. The molecule has 0 saturated heterocycles. The van der Waals surface area contributed by atoms with Gasteiger partial charge in [-0.25, -0.2) is 0 Å². The molecule has 1 rings (SSSR count). The van der Waals surface area contributed by atoms with E-state index in [0.29, 0.717) is 6.04 Å². The molecule has 0 radical (unpaired) electrons. The average Bonchev–Trinajstić information content (AvgIpc) is 2.60. The first-order valence-electron chi connectivity index (χ1n) is 5.52. The Morgan fingerprint density at radius 1 is 1.53 bits per heavy atom. The maximum Gasteiger partial charge on any atom is 0.0537 e. The smallest absolute Gasteiger partial charge is 0.0537 e. The summed E-state index contributed by atoms with van der Waals surface area (Å²) in [5, 5.41) is 4.13. The molecule has 1 heterocycles. The van der Waals surface area contributed by atoms with E-state index in [1.165, 1.54) is 0 Å². The summed E-state index contributed by atoms with van der Waals surface area (Å²) in [6.45, 7) is 8.47. The molecule has 0 spiro atoms. The highest BCUT2D eigenvalue weighted by Crippen LogP contribution is 2.11. The van der Waals surface area contributed by atoms with Gasteiger partial charge < -0.3 is 5.73 Å². The van der Waals surface area contributed by atoms with Gasteiger partial charge >= 0.3 is 0 Å². The summed E-state index contributed by atoms with van der Waals surface area (Å²) in [6.07, 6.45) is 3.83. The number of aromatic nitrogens is 2. The minimum absolute atomic E-state index is 0.0565. The first-order chi connectivity index (χ1) is 7.04. The molecule has 0 aromatic carbocycles. The highest BCUT2D eigenvalue weighted by molar-refractivity contribution is 5.10. The van der Waals surface area contributed by atoms with Crippen molar-refractivity contribution in [2.45, 2.75) is 32.9 Å². The molecule has 4 nitrogen and oxygen atoms in total. The maximum absolute atomic E-state index is 6.13. The lowest BCUT2D eigenvalue weighted by atomic mass is 10.1. The van der Waals surface area contributed by atoms with Gasteiger partial charge in [0.05, 0.1) is 6.20 Å². The second-order valence-corrected chi connectivity index (χ2v) is 4.24. The number of hydrogen-bond acceptors (Lipinski definition) is 3. The summed E-state index contributed by atoms with van der Waals surface area (Å²) in [4.78, 5) is 2.36. The third-order valence-electron chi connectivity index (χ3n) is 2.72. The highest BCUT2D eigenvalue weighted by Gasteiger charge is 2.14. The first-order valence-corrected chi connectivity index (χ1v) is 5.52. The minimum atomic E-state index is 0.0565. The average molecular weight is 210 g/mol. The second-order valence-electron chi connectivity index (χ2n) is 4.24. The minimum Gasteiger partial charge on any atom is -0.323 e. The van der Waals surface area contributed by atoms with Gasteiger partial charge in [-0.3, -0.25) is 9.58 Å². The lowest BCUT2D eigenvalue weighted by Crippen LogP contribution is -2.36. The van der Waals surface area contributed by atoms with Crippen LogP contribution < -0.4 is 5.73 Å². The zero-order chi connectivity index (χ0) is 11.4. The summed E-state index contributed by atoms with van der Waals surface area (Å²) in [5.41, 5.74) is 7.24. The molecule has 0 bridgehead atoms. The van der Waals surface area contributed by atoms with Crippen molar-refractivity contribution in [3.05, 3.63) is 18.0 Å². The van der Waals surface area contributed by atoms with Gasteiger partial charge in [-0.2, -0.15) is 5.10 Å². The van der Waals surface area contributed by atoms with Crippen molar-refractivity contribution >= 4 is 0 Å². The van der Waals surface area contributed by atoms with Crippen LogP contribution in [0, 0.1) is 0 Å². The topological polar surface area (TPSA) is 47.1 Å². The van der Waals surface area contributed by atoms with Gasteiger partial charge in [0, 0.05) is 37.4 Å². The first kappa shape index (κ1) is 12.2. The Balaban J connectivity index is 2.58. The van der Waals surface area contributed by atoms with E-state index >= 15 is 0 Å². The van der Waals surface area contributed by atoms with Gasteiger partial charge in [0.1, 0.15) is 0 Å². The molecule has 1 unspecified atom stereocenters. The molecule has 1 aromatic heterocycles. The zero-order valence-electron chi connectivity index (χ0n) is 10.1. The van der Waals surface area contributed by atoms with Crippen molar-refractivity contribution in [1.29, 1.82) is 0 Å². The van der Waals surface area contributed by atoms with Gasteiger partial charge in [-0.15, -0.1) is 0 Å². The monoisotopic (exact) mass is 210 g/mol. The molecule has 2 N–H and O–H groups in total. The van der Waals surface area contributed by atoms with Crippen molar-refractivity contribution < 1.29 is 0 Å². The molecule has 86 valence electrons. The van der Waals surface area contributed by atoms with E-state index in [1.54, 1.807) is 4.68 Å². The van der Waals surface area contributed by atoms with Crippen LogP contribution in [-0.2, 0) is 7.05 Å². The van der Waals surface area contributed by atoms with E-state index in [1.807, 2.05) is 19.4 Å². The molecule has 1 aromatic rings. The van der Waals surface area contributed by atoms with Gasteiger partial charge in [0.15, 0.2) is 0 Å². The van der Waals surface area contributed by atoms with Gasteiger partial charge in [-0.1, -0.05) is 6.92 Å². The van der Waals surface area contributed by atoms with Gasteiger partial charge in [-0.05, 0) is 20.4 Å². The molecule has 0 saturated carbocycles. The summed E-state index contributed by atoms with van der Waals surface area (Å²) in [5.74, 6) is 0. The van der Waals surface area contributed by atoms with E-state index in [0.717, 1.165) is 18.7 Å². The van der Waals surface area contributed by atoms with Gasteiger partial charge in [0.2, 0.25) is 0 Å². The standard InChI is InChI=1S/C11H22N4/c1-5-15(9(2)3)8-11(12)10-6-13-14(4)7-10/h6-7,9,11H,5,8,12H2,1-4H3. The fraction of sp³-hybridized carbons (Fsp3) is 0.727. The van der Waals surface area contributed by atoms with Gasteiger partial charge in [0.25, 0.3) is 0 Å². The number of aryl methyl sites for hydroxylation is 1. The predicted molar refractivity (Wildman–Crippen MR) is 62.5 cm³/mol. The maximum atomic E-state index is 6.13. The number of rotatable bonds is 5. The van der Waals surface area contributed by atoms with Crippen LogP contribution in [0.1, 0.15) is 32.4 Å². The van der Waals surface area contributed by atoms with Crippen molar-refractivity contribution in [2.24, 2.45) is 12.8 Å². The Morgan fingerprint density at radius 2 is 2.20 bits per heavy atom. The molecule has 0 aliphatic heterocycles. The van der Waals surface area contributed by atoms with Crippen LogP contribution in [-0.4, -0.2) is 33.8 Å². The van der Waals surface area contributed by atoms with E-state index < -0.39 is 0 Å². The summed E-state index contributed by atoms with van der Waals surface area (Å²) in [6, 6.07) is 0.596. The molecular weight excluding hydrogens is 188 g/mol. The molecule has 1 atom stereocenters. The Morgan fingerprint density at radius 3 is 2.60 bits per heavy atom. The van der Waals surface area contributed by atoms with Crippen LogP contribution in [0.4, 0.5) is 0 Å². The summed E-state index contributed by atoms with van der Waals surface area (Å²) in [7, 11) is 1.91. The quantitative estimate of drug-likeness (QED) is 0.793. The van der Waals surface area contributed by atoms with E-state index in [9.17, 15) is 0 Å². The van der Waals surface area contributed by atoms with Crippen LogP contribution in [0.2, 0.25) is 0 Å². The Kier molecular flexibility index (Phi) is 4.29. The third-order valence-corrected chi connectivity index (χ3v) is 2.72. The predicted octanol–water partition coefficient (Wildman–Crippen LogP) is 1.15. The number of nitrogens with zero attached hydrogens (tertiary/aromatic N) is 3. The van der Waals surface area contributed by atoms with Crippen LogP contribution in [0.25, 0.3) is 0 Å².